The Labute approximate surface area is 125 Å². The first-order valence-corrected chi connectivity index (χ1v) is 6.62. The van der Waals surface area contributed by atoms with Crippen LogP contribution in [0.5, 0.6) is 5.88 Å². The lowest BCUT2D eigenvalue weighted by Crippen LogP contribution is -2.39. The van der Waals surface area contributed by atoms with Crippen LogP contribution in [0, 0.1) is 0 Å². The highest BCUT2D eigenvalue weighted by Gasteiger charge is 2.15. The van der Waals surface area contributed by atoms with E-state index >= 15 is 0 Å². The van der Waals surface area contributed by atoms with Crippen LogP contribution in [0.4, 0.5) is 0 Å². The Balaban J connectivity index is 2.16. The number of fused-ring (bicyclic) bond motifs is 1. The molecule has 8 heteroatoms. The normalized spacial score (nSPS) is 11.0. The van der Waals surface area contributed by atoms with Crippen molar-refractivity contribution in [3.05, 3.63) is 51.1 Å². The van der Waals surface area contributed by atoms with Gasteiger partial charge in [0.25, 0.3) is 5.56 Å². The number of imidazole rings is 1. The Morgan fingerprint density at radius 3 is 2.59 bits per heavy atom. The number of methoxy groups -OCH3 is 1. The number of ether oxygens (including phenoxy) is 1. The maximum atomic E-state index is 12.6. The number of aryl methyl sites for hydroxylation is 2. The van der Waals surface area contributed by atoms with Crippen LogP contribution in [-0.4, -0.2) is 30.8 Å². The van der Waals surface area contributed by atoms with Crippen molar-refractivity contribution in [3.8, 4) is 5.88 Å². The molecule has 8 nitrogen and oxygen atoms in total. The molecule has 3 aromatic heterocycles. The average Bonchev–Trinajstić information content (AvgIpc) is 2.92. The third kappa shape index (κ3) is 2.09. The molecule has 22 heavy (non-hydrogen) atoms. The fourth-order valence-corrected chi connectivity index (χ4v) is 2.34. The molecule has 0 N–H and O–H groups in total. The van der Waals surface area contributed by atoms with Gasteiger partial charge in [-0.15, -0.1) is 0 Å². The van der Waals surface area contributed by atoms with E-state index in [2.05, 4.69) is 9.97 Å². The van der Waals surface area contributed by atoms with E-state index < -0.39 is 5.69 Å². The lowest BCUT2D eigenvalue weighted by Gasteiger charge is -2.09. The van der Waals surface area contributed by atoms with Crippen LogP contribution < -0.4 is 16.0 Å². The van der Waals surface area contributed by atoms with Crippen LogP contribution in [0.15, 0.2) is 34.2 Å². The highest BCUT2D eigenvalue weighted by atomic mass is 16.5. The van der Waals surface area contributed by atoms with Gasteiger partial charge in [0.05, 0.1) is 20.0 Å². The Bertz CT molecular complexity index is 949. The van der Waals surface area contributed by atoms with Crippen molar-refractivity contribution in [2.45, 2.75) is 6.54 Å². The first-order chi connectivity index (χ1) is 10.5. The highest BCUT2D eigenvalue weighted by Crippen LogP contribution is 2.08. The lowest BCUT2D eigenvalue weighted by atomic mass is 10.3. The van der Waals surface area contributed by atoms with Gasteiger partial charge in [-0.1, -0.05) is 6.07 Å². The summed E-state index contributed by atoms with van der Waals surface area (Å²) in [6.45, 7) is 0.142. The van der Waals surface area contributed by atoms with Crippen molar-refractivity contribution in [3.63, 3.8) is 0 Å². The second-order valence-electron chi connectivity index (χ2n) is 4.97. The predicted octanol–water partition coefficient (Wildman–Crippen LogP) is -0.114. The van der Waals surface area contributed by atoms with Gasteiger partial charge >= 0.3 is 5.69 Å². The summed E-state index contributed by atoms with van der Waals surface area (Å²) in [7, 11) is 4.85. The van der Waals surface area contributed by atoms with Gasteiger partial charge < -0.3 is 9.30 Å². The van der Waals surface area contributed by atoms with Crippen LogP contribution in [-0.2, 0) is 20.6 Å². The van der Waals surface area contributed by atoms with E-state index in [1.165, 1.54) is 22.6 Å². The summed E-state index contributed by atoms with van der Waals surface area (Å²) in [5.74, 6) is 0.478. The number of pyridine rings is 1. The van der Waals surface area contributed by atoms with Gasteiger partial charge in [0.15, 0.2) is 11.2 Å². The summed E-state index contributed by atoms with van der Waals surface area (Å²) < 4.78 is 9.15. The third-order valence-corrected chi connectivity index (χ3v) is 3.55. The van der Waals surface area contributed by atoms with Crippen LogP contribution >= 0.6 is 0 Å². The molecule has 0 unspecified atom stereocenters. The molecule has 0 aliphatic rings. The first kappa shape index (κ1) is 14.1. The zero-order chi connectivity index (χ0) is 15.9. The van der Waals surface area contributed by atoms with E-state index in [0.29, 0.717) is 17.0 Å². The maximum absolute atomic E-state index is 12.6. The Hall–Kier alpha value is -2.90. The molecule has 0 radical (unpaired) electrons. The minimum absolute atomic E-state index is 0.142. The van der Waals surface area contributed by atoms with E-state index in [1.807, 2.05) is 0 Å². The lowest BCUT2D eigenvalue weighted by molar-refractivity contribution is 0.397. The van der Waals surface area contributed by atoms with Gasteiger partial charge in [-0.25, -0.2) is 14.8 Å². The summed E-state index contributed by atoms with van der Waals surface area (Å²) in [6.07, 6.45) is 3.10. The van der Waals surface area contributed by atoms with E-state index in [0.717, 1.165) is 5.56 Å². The number of hydrogen-bond donors (Lipinski definition) is 0. The molecule has 0 saturated carbocycles. The average molecular weight is 301 g/mol. The molecule has 0 aliphatic carbocycles. The first-order valence-electron chi connectivity index (χ1n) is 6.62. The molecule has 0 spiro atoms. The van der Waals surface area contributed by atoms with Gasteiger partial charge in [0.1, 0.15) is 0 Å². The minimum Gasteiger partial charge on any atom is -0.481 e. The summed E-state index contributed by atoms with van der Waals surface area (Å²) in [6, 6.07) is 3.46. The summed E-state index contributed by atoms with van der Waals surface area (Å²) >= 11 is 0. The zero-order valence-electron chi connectivity index (χ0n) is 12.5. The van der Waals surface area contributed by atoms with Crippen molar-refractivity contribution < 1.29 is 4.74 Å². The smallest absolute Gasteiger partial charge is 0.332 e. The fourth-order valence-electron chi connectivity index (χ4n) is 2.34. The molecule has 0 bridgehead atoms. The van der Waals surface area contributed by atoms with Crippen LogP contribution in [0.3, 0.4) is 0 Å². The highest BCUT2D eigenvalue weighted by molar-refractivity contribution is 5.69. The van der Waals surface area contributed by atoms with Crippen molar-refractivity contribution in [1.29, 1.82) is 0 Å². The van der Waals surface area contributed by atoms with Crippen molar-refractivity contribution in [2.24, 2.45) is 14.1 Å². The summed E-state index contributed by atoms with van der Waals surface area (Å²) in [5.41, 5.74) is 0.729. The number of nitrogens with zero attached hydrogens (tertiary/aromatic N) is 5. The molecule has 114 valence electrons. The van der Waals surface area contributed by atoms with Gasteiger partial charge in [-0.05, 0) is 5.56 Å². The summed E-state index contributed by atoms with van der Waals surface area (Å²) in [5, 5.41) is 0. The molecule has 0 aromatic carbocycles. The fraction of sp³-hybridized carbons (Fsp3) is 0.286. The molecular weight excluding hydrogens is 286 g/mol. The van der Waals surface area contributed by atoms with Gasteiger partial charge in [0.2, 0.25) is 5.88 Å². The second kappa shape index (κ2) is 5.14. The monoisotopic (exact) mass is 301 g/mol. The second-order valence-corrected chi connectivity index (χ2v) is 4.97. The van der Waals surface area contributed by atoms with Crippen molar-refractivity contribution in [1.82, 2.24) is 23.7 Å². The predicted molar refractivity (Wildman–Crippen MR) is 80.1 cm³/mol. The van der Waals surface area contributed by atoms with E-state index in [9.17, 15) is 9.59 Å². The van der Waals surface area contributed by atoms with Gasteiger partial charge in [-0.3, -0.25) is 13.9 Å². The molecular formula is C14H15N5O3. The Morgan fingerprint density at radius 2 is 1.95 bits per heavy atom. The van der Waals surface area contributed by atoms with Crippen LogP contribution in [0.2, 0.25) is 0 Å². The van der Waals surface area contributed by atoms with E-state index in [4.69, 9.17) is 4.74 Å². The molecule has 3 rings (SSSR count). The number of hydrogen-bond acceptors (Lipinski definition) is 5. The Kier molecular flexibility index (Phi) is 3.28. The number of aromatic nitrogens is 5. The largest absolute Gasteiger partial charge is 0.481 e. The Morgan fingerprint density at radius 1 is 1.18 bits per heavy atom. The van der Waals surface area contributed by atoms with E-state index in [1.54, 1.807) is 37.0 Å². The van der Waals surface area contributed by atoms with Gasteiger partial charge in [0, 0.05) is 26.4 Å². The molecule has 3 aromatic rings. The van der Waals surface area contributed by atoms with E-state index in [-0.39, 0.29) is 12.1 Å². The molecule has 0 saturated heterocycles. The zero-order valence-corrected chi connectivity index (χ0v) is 12.5. The molecule has 0 atom stereocenters. The topological polar surface area (TPSA) is 83.9 Å². The molecule has 0 fully saturated rings. The minimum atomic E-state index is -0.410. The number of rotatable bonds is 3. The van der Waals surface area contributed by atoms with Crippen molar-refractivity contribution >= 4 is 11.2 Å². The quantitative estimate of drug-likeness (QED) is 0.674. The standard InChI is InChI=1S/C14H15N5O3/c1-17-8-16-12-11(17)13(20)19(14(21)18(12)2)7-9-4-5-10(22-3)15-6-9/h4-6,8H,7H2,1-3H3. The molecule has 0 amide bonds. The molecule has 0 aliphatic heterocycles. The summed E-state index contributed by atoms with van der Waals surface area (Å²) in [4.78, 5) is 33.1. The maximum Gasteiger partial charge on any atom is 0.332 e. The molecule has 3 heterocycles. The SMILES string of the molecule is COc1ccc(Cn2c(=O)c3c(ncn3C)n(C)c2=O)cn1. The van der Waals surface area contributed by atoms with Crippen LogP contribution in [0.1, 0.15) is 5.56 Å². The van der Waals surface area contributed by atoms with Crippen molar-refractivity contribution in [2.75, 3.05) is 7.11 Å². The third-order valence-electron chi connectivity index (χ3n) is 3.55. The van der Waals surface area contributed by atoms with Gasteiger partial charge in [-0.2, -0.15) is 0 Å². The van der Waals surface area contributed by atoms with Crippen LogP contribution in [0.25, 0.3) is 11.2 Å².